The van der Waals surface area contributed by atoms with Crippen LogP contribution in [-0.4, -0.2) is 48.8 Å². The molecule has 0 amide bonds. The van der Waals surface area contributed by atoms with Gasteiger partial charge in [-0.3, -0.25) is 0 Å². The Labute approximate surface area is 180 Å². The lowest BCUT2D eigenvalue weighted by atomic mass is 9.97. The average molecular weight is 422 g/mol. The molecule has 31 heavy (non-hydrogen) atoms. The molecular formula is C22H27N7O2. The van der Waals surface area contributed by atoms with E-state index in [9.17, 15) is 0 Å². The monoisotopic (exact) mass is 421 g/mol. The van der Waals surface area contributed by atoms with E-state index in [1.807, 2.05) is 47.1 Å². The number of tetrazole rings is 1. The van der Waals surface area contributed by atoms with Gasteiger partial charge in [0.05, 0.1) is 18.7 Å². The molecule has 0 bridgehead atoms. The smallest absolute Gasteiger partial charge is 0.204 e. The van der Waals surface area contributed by atoms with Crippen LogP contribution in [-0.2, 0) is 6.54 Å². The Morgan fingerprint density at radius 3 is 2.29 bits per heavy atom. The quantitative estimate of drug-likeness (QED) is 0.409. The summed E-state index contributed by atoms with van der Waals surface area (Å²) >= 11 is 0. The maximum atomic E-state index is 5.88. The Hall–Kier alpha value is -3.49. The molecule has 0 saturated carbocycles. The largest absolute Gasteiger partial charge is 0.494 e. The van der Waals surface area contributed by atoms with Gasteiger partial charge in [-0.25, -0.2) is 4.68 Å². The molecule has 4 aromatic rings. The van der Waals surface area contributed by atoms with Gasteiger partial charge in [-0.1, -0.05) is 26.0 Å². The summed E-state index contributed by atoms with van der Waals surface area (Å²) in [5.74, 6) is 2.20. The fourth-order valence-corrected chi connectivity index (χ4v) is 3.18. The molecule has 9 heteroatoms. The Morgan fingerprint density at radius 2 is 1.61 bits per heavy atom. The van der Waals surface area contributed by atoms with Gasteiger partial charge in [0, 0.05) is 18.2 Å². The van der Waals surface area contributed by atoms with E-state index in [-0.39, 0.29) is 5.41 Å². The zero-order valence-corrected chi connectivity index (χ0v) is 18.1. The number of benzene rings is 2. The van der Waals surface area contributed by atoms with Crippen LogP contribution in [0, 0.1) is 5.41 Å². The van der Waals surface area contributed by atoms with Crippen molar-refractivity contribution < 1.29 is 9.47 Å². The number of aromatic nitrogens is 7. The predicted octanol–water partition coefficient (Wildman–Crippen LogP) is 3.90. The number of hydrogen-bond donors (Lipinski definition) is 1. The van der Waals surface area contributed by atoms with E-state index >= 15 is 0 Å². The minimum atomic E-state index is 0.147. The first-order valence-electron chi connectivity index (χ1n) is 10.4. The third kappa shape index (κ3) is 5.56. The highest BCUT2D eigenvalue weighted by atomic mass is 16.5. The Balaban J connectivity index is 1.19. The van der Waals surface area contributed by atoms with Crippen LogP contribution in [0.15, 0.2) is 42.5 Å². The fraction of sp³-hybridized carbons (Fsp3) is 0.409. The van der Waals surface area contributed by atoms with E-state index in [2.05, 4.69) is 51.7 Å². The highest BCUT2D eigenvalue weighted by Gasteiger charge is 2.14. The maximum Gasteiger partial charge on any atom is 0.204 e. The summed E-state index contributed by atoms with van der Waals surface area (Å²) in [6.07, 6.45) is 1.80. The molecule has 0 unspecified atom stereocenters. The normalized spacial score (nSPS) is 11.7. The number of hydrogen-bond acceptors (Lipinski definition) is 7. The summed E-state index contributed by atoms with van der Waals surface area (Å²) in [4.78, 5) is 0. The van der Waals surface area contributed by atoms with Crippen LogP contribution in [0.1, 0.15) is 33.6 Å². The first-order valence-corrected chi connectivity index (χ1v) is 10.4. The molecule has 0 fully saturated rings. The number of H-pyrrole nitrogens is 1. The molecule has 2 aromatic carbocycles. The highest BCUT2D eigenvalue weighted by Crippen LogP contribution is 2.23. The Bertz CT molecular complexity index is 1100. The molecule has 0 aliphatic heterocycles. The summed E-state index contributed by atoms with van der Waals surface area (Å²) in [5, 5.41) is 22.5. The minimum absolute atomic E-state index is 0.147. The molecule has 0 aliphatic carbocycles. The molecule has 0 radical (unpaired) electrons. The molecule has 2 heterocycles. The van der Waals surface area contributed by atoms with Gasteiger partial charge in [0.1, 0.15) is 17.0 Å². The van der Waals surface area contributed by atoms with Crippen LogP contribution in [0.25, 0.3) is 22.4 Å². The molecule has 1 N–H and O–H groups in total. The molecule has 4 rings (SSSR count). The number of unbranched alkanes of at least 4 members (excludes halogenated alkanes) is 1. The summed E-state index contributed by atoms with van der Waals surface area (Å²) in [5.41, 5.74) is 2.93. The summed E-state index contributed by atoms with van der Waals surface area (Å²) in [6, 6.07) is 13.6. The third-order valence-corrected chi connectivity index (χ3v) is 4.64. The summed E-state index contributed by atoms with van der Waals surface area (Å²) in [6.45, 7) is 8.64. The van der Waals surface area contributed by atoms with Crippen molar-refractivity contribution in [2.75, 3.05) is 13.2 Å². The van der Waals surface area contributed by atoms with E-state index in [0.717, 1.165) is 47.5 Å². The van der Waals surface area contributed by atoms with Gasteiger partial charge in [-0.05, 0) is 59.9 Å². The number of aromatic amines is 1. The zero-order chi connectivity index (χ0) is 21.7. The standard InChI is InChI=1S/C22H27N7O2/c1-22(2,3)15-29-20-11-10-18(14-19(20)23-28-29)31-13-5-4-12-30-17-8-6-16(7-9-17)21-24-26-27-25-21/h6-11,14H,4-5,12-13,15H2,1-3H3,(H,24,25,26,27). The van der Waals surface area contributed by atoms with Crippen molar-refractivity contribution in [1.29, 1.82) is 0 Å². The van der Waals surface area contributed by atoms with E-state index in [1.165, 1.54) is 0 Å². The van der Waals surface area contributed by atoms with Crippen molar-refractivity contribution >= 4 is 11.0 Å². The average Bonchev–Trinajstić information content (AvgIpc) is 3.40. The SMILES string of the molecule is CC(C)(C)Cn1nnc2cc(OCCCCOc3ccc(-c4nn[nH]n4)cc3)ccc21. The minimum Gasteiger partial charge on any atom is -0.494 e. The number of ether oxygens (including phenoxy) is 2. The molecular weight excluding hydrogens is 394 g/mol. The van der Waals surface area contributed by atoms with Crippen molar-refractivity contribution in [3.63, 3.8) is 0 Å². The predicted molar refractivity (Wildman–Crippen MR) is 117 cm³/mol. The second-order valence-electron chi connectivity index (χ2n) is 8.62. The van der Waals surface area contributed by atoms with Crippen molar-refractivity contribution in [3.8, 4) is 22.9 Å². The topological polar surface area (TPSA) is 104 Å². The van der Waals surface area contributed by atoms with Crippen LogP contribution < -0.4 is 9.47 Å². The zero-order valence-electron chi connectivity index (χ0n) is 18.1. The fourth-order valence-electron chi connectivity index (χ4n) is 3.18. The van der Waals surface area contributed by atoms with Crippen molar-refractivity contribution in [3.05, 3.63) is 42.5 Å². The molecule has 0 saturated heterocycles. The molecule has 0 spiro atoms. The molecule has 0 aliphatic rings. The van der Waals surface area contributed by atoms with Crippen molar-refractivity contribution in [2.24, 2.45) is 5.41 Å². The summed E-state index contributed by atoms with van der Waals surface area (Å²) in [7, 11) is 0. The molecule has 0 atom stereocenters. The molecule has 9 nitrogen and oxygen atoms in total. The van der Waals surface area contributed by atoms with Crippen LogP contribution in [0.3, 0.4) is 0 Å². The second kappa shape index (κ2) is 9.11. The van der Waals surface area contributed by atoms with E-state index < -0.39 is 0 Å². The van der Waals surface area contributed by atoms with Gasteiger partial charge < -0.3 is 9.47 Å². The van der Waals surface area contributed by atoms with Crippen molar-refractivity contribution in [2.45, 2.75) is 40.2 Å². The van der Waals surface area contributed by atoms with Crippen LogP contribution in [0.5, 0.6) is 11.5 Å². The lowest BCUT2D eigenvalue weighted by Gasteiger charge is -2.17. The van der Waals surface area contributed by atoms with Gasteiger partial charge in [-0.15, -0.1) is 15.3 Å². The van der Waals surface area contributed by atoms with Gasteiger partial charge in [-0.2, -0.15) is 5.21 Å². The number of nitrogens with one attached hydrogen (secondary N) is 1. The number of rotatable bonds is 9. The third-order valence-electron chi connectivity index (χ3n) is 4.64. The lowest BCUT2D eigenvalue weighted by Crippen LogP contribution is -2.16. The van der Waals surface area contributed by atoms with E-state index in [4.69, 9.17) is 9.47 Å². The summed E-state index contributed by atoms with van der Waals surface area (Å²) < 4.78 is 13.6. The van der Waals surface area contributed by atoms with Gasteiger partial charge in [0.2, 0.25) is 5.82 Å². The van der Waals surface area contributed by atoms with Gasteiger partial charge in [0.15, 0.2) is 0 Å². The molecule has 2 aromatic heterocycles. The van der Waals surface area contributed by atoms with Crippen molar-refractivity contribution in [1.82, 2.24) is 35.6 Å². The number of fused-ring (bicyclic) bond motifs is 1. The molecule has 162 valence electrons. The Morgan fingerprint density at radius 1 is 0.903 bits per heavy atom. The van der Waals surface area contributed by atoms with Gasteiger partial charge >= 0.3 is 0 Å². The van der Waals surface area contributed by atoms with Crippen LogP contribution in [0.2, 0.25) is 0 Å². The number of nitrogens with zero attached hydrogens (tertiary/aromatic N) is 6. The first kappa shape index (κ1) is 20.8. The van der Waals surface area contributed by atoms with E-state index in [0.29, 0.717) is 19.0 Å². The van der Waals surface area contributed by atoms with Crippen LogP contribution in [0.4, 0.5) is 0 Å². The lowest BCUT2D eigenvalue weighted by molar-refractivity contribution is 0.266. The maximum absolute atomic E-state index is 5.88. The Kier molecular flexibility index (Phi) is 6.11. The first-order chi connectivity index (χ1) is 15.0. The highest BCUT2D eigenvalue weighted by molar-refractivity contribution is 5.76. The van der Waals surface area contributed by atoms with Gasteiger partial charge in [0.25, 0.3) is 0 Å². The van der Waals surface area contributed by atoms with Crippen LogP contribution >= 0.6 is 0 Å². The second-order valence-corrected chi connectivity index (χ2v) is 8.62. The van der Waals surface area contributed by atoms with E-state index in [1.54, 1.807) is 0 Å².